The van der Waals surface area contributed by atoms with E-state index in [4.69, 9.17) is 9.47 Å². The maximum atomic E-state index is 11.0. The molecule has 1 rings (SSSR count). The molecule has 14 heavy (non-hydrogen) atoms. The molecular weight excluding hydrogens is 180 g/mol. The van der Waals surface area contributed by atoms with Crippen LogP contribution in [0.3, 0.4) is 0 Å². The molecule has 1 aliphatic rings. The molecule has 0 atom stereocenters. The Labute approximate surface area is 85.1 Å². The van der Waals surface area contributed by atoms with E-state index in [9.17, 15) is 4.79 Å². The van der Waals surface area contributed by atoms with Gasteiger partial charge in [-0.1, -0.05) is 11.6 Å². The molecule has 0 amide bonds. The molecule has 0 aliphatic carbocycles. The predicted octanol–water partition coefficient (Wildman–Crippen LogP) is 2.07. The highest BCUT2D eigenvalue weighted by Crippen LogP contribution is 2.14. The number of carbonyl (C=O) groups excluding carboxylic acids is 1. The molecule has 0 unspecified atom stereocenters. The van der Waals surface area contributed by atoms with Gasteiger partial charge < -0.3 is 9.47 Å². The van der Waals surface area contributed by atoms with Gasteiger partial charge >= 0.3 is 5.97 Å². The van der Waals surface area contributed by atoms with Crippen molar-refractivity contribution >= 4 is 5.97 Å². The Hall–Kier alpha value is -0.830. The molecule has 3 nitrogen and oxygen atoms in total. The van der Waals surface area contributed by atoms with Crippen LogP contribution in [0.5, 0.6) is 0 Å². The van der Waals surface area contributed by atoms with Crippen LogP contribution in [-0.2, 0) is 14.3 Å². The van der Waals surface area contributed by atoms with E-state index in [-0.39, 0.29) is 5.97 Å². The third kappa shape index (κ3) is 4.42. The third-order valence-corrected chi connectivity index (χ3v) is 2.22. The lowest BCUT2D eigenvalue weighted by Gasteiger charge is -2.14. The first-order valence-electron chi connectivity index (χ1n) is 5.24. The molecule has 0 N–H and O–H groups in total. The van der Waals surface area contributed by atoms with Crippen LogP contribution in [0.2, 0.25) is 0 Å². The largest absolute Gasteiger partial charge is 0.466 e. The van der Waals surface area contributed by atoms with Crippen molar-refractivity contribution in [3.63, 3.8) is 0 Å². The molecule has 1 fully saturated rings. The van der Waals surface area contributed by atoms with Gasteiger partial charge in [0.25, 0.3) is 0 Å². The van der Waals surface area contributed by atoms with E-state index in [1.54, 1.807) is 0 Å². The molecule has 0 saturated carbocycles. The summed E-state index contributed by atoms with van der Waals surface area (Å²) < 4.78 is 10.1. The van der Waals surface area contributed by atoms with Gasteiger partial charge in [0.1, 0.15) is 0 Å². The molecule has 3 heteroatoms. The van der Waals surface area contributed by atoms with Crippen molar-refractivity contribution in [1.29, 1.82) is 0 Å². The number of hydrogen-bond acceptors (Lipinski definition) is 3. The van der Waals surface area contributed by atoms with Gasteiger partial charge in [0.15, 0.2) is 0 Å². The Morgan fingerprint density at radius 1 is 1.50 bits per heavy atom. The molecule has 0 aromatic heterocycles. The molecule has 80 valence electrons. The number of carbonyl (C=O) groups is 1. The lowest BCUT2D eigenvalue weighted by molar-refractivity contribution is -0.142. The van der Waals surface area contributed by atoms with Gasteiger partial charge in [-0.05, 0) is 26.2 Å². The number of hydrogen-bond donors (Lipinski definition) is 0. The average molecular weight is 198 g/mol. The van der Waals surface area contributed by atoms with E-state index in [2.05, 4.69) is 6.08 Å². The number of allylic oxidation sites excluding steroid dienone is 1. The predicted molar refractivity (Wildman–Crippen MR) is 54.0 cm³/mol. The normalized spacial score (nSPS) is 16.5. The second kappa shape index (κ2) is 6.60. The van der Waals surface area contributed by atoms with E-state index in [0.29, 0.717) is 13.0 Å². The van der Waals surface area contributed by atoms with Crippen molar-refractivity contribution < 1.29 is 14.3 Å². The van der Waals surface area contributed by atoms with Crippen molar-refractivity contribution in [2.24, 2.45) is 0 Å². The maximum Gasteiger partial charge on any atom is 0.306 e. The van der Waals surface area contributed by atoms with Crippen LogP contribution in [0, 0.1) is 0 Å². The molecule has 1 saturated heterocycles. The van der Waals surface area contributed by atoms with Gasteiger partial charge in [0, 0.05) is 6.42 Å². The Balaban J connectivity index is 2.15. The van der Waals surface area contributed by atoms with E-state index in [1.807, 2.05) is 6.92 Å². The summed E-state index contributed by atoms with van der Waals surface area (Å²) in [5.74, 6) is -0.101. The van der Waals surface area contributed by atoms with E-state index < -0.39 is 0 Å². The molecule has 0 radical (unpaired) electrons. The number of ether oxygens (including phenoxy) is 2. The summed E-state index contributed by atoms with van der Waals surface area (Å²) in [6.07, 6.45) is 5.48. The summed E-state index contributed by atoms with van der Waals surface area (Å²) in [4.78, 5) is 11.0. The fourth-order valence-corrected chi connectivity index (χ4v) is 1.47. The van der Waals surface area contributed by atoms with Crippen LogP contribution in [0.15, 0.2) is 11.6 Å². The summed E-state index contributed by atoms with van der Waals surface area (Å²) in [6.45, 7) is 3.95. The minimum Gasteiger partial charge on any atom is -0.466 e. The van der Waals surface area contributed by atoms with Gasteiger partial charge in [0.2, 0.25) is 0 Å². The van der Waals surface area contributed by atoms with Crippen LogP contribution in [0.4, 0.5) is 0 Å². The Morgan fingerprint density at radius 3 is 2.86 bits per heavy atom. The van der Waals surface area contributed by atoms with E-state index in [0.717, 1.165) is 32.5 Å². The van der Waals surface area contributed by atoms with Crippen LogP contribution in [0.25, 0.3) is 0 Å². The molecular formula is C11H18O3. The first-order chi connectivity index (χ1) is 6.83. The second-order valence-corrected chi connectivity index (χ2v) is 3.32. The second-order valence-electron chi connectivity index (χ2n) is 3.32. The zero-order valence-corrected chi connectivity index (χ0v) is 8.75. The summed E-state index contributed by atoms with van der Waals surface area (Å²) >= 11 is 0. The van der Waals surface area contributed by atoms with Gasteiger partial charge in [-0.3, -0.25) is 4.79 Å². The smallest absolute Gasteiger partial charge is 0.306 e. The first-order valence-corrected chi connectivity index (χ1v) is 5.24. The minimum atomic E-state index is -0.101. The van der Waals surface area contributed by atoms with Crippen LogP contribution >= 0.6 is 0 Å². The lowest BCUT2D eigenvalue weighted by atomic mass is 10.1. The molecule has 0 bridgehead atoms. The van der Waals surface area contributed by atoms with Crippen molar-refractivity contribution in [3.8, 4) is 0 Å². The molecule has 1 heterocycles. The fraction of sp³-hybridized carbons (Fsp3) is 0.727. The quantitative estimate of drug-likeness (QED) is 0.512. The Bertz CT molecular complexity index is 201. The van der Waals surface area contributed by atoms with Crippen molar-refractivity contribution in [2.75, 3.05) is 19.8 Å². The van der Waals surface area contributed by atoms with E-state index >= 15 is 0 Å². The summed E-state index contributed by atoms with van der Waals surface area (Å²) in [7, 11) is 0. The monoisotopic (exact) mass is 198 g/mol. The standard InChI is InChI=1S/C11H18O3/c1-2-14-11(12)5-3-4-10-6-8-13-9-7-10/h4H,2-3,5-9H2,1H3. The Morgan fingerprint density at radius 2 is 2.21 bits per heavy atom. The van der Waals surface area contributed by atoms with Crippen LogP contribution in [-0.4, -0.2) is 25.8 Å². The lowest BCUT2D eigenvalue weighted by Crippen LogP contribution is -2.07. The van der Waals surface area contributed by atoms with Gasteiger partial charge in [0.05, 0.1) is 19.8 Å². The van der Waals surface area contributed by atoms with E-state index in [1.165, 1.54) is 5.57 Å². The van der Waals surface area contributed by atoms with Crippen molar-refractivity contribution in [3.05, 3.63) is 11.6 Å². The van der Waals surface area contributed by atoms with Gasteiger partial charge in [-0.25, -0.2) is 0 Å². The highest BCUT2D eigenvalue weighted by molar-refractivity contribution is 5.69. The third-order valence-electron chi connectivity index (χ3n) is 2.22. The molecule has 1 aliphatic heterocycles. The fourth-order valence-electron chi connectivity index (χ4n) is 1.47. The summed E-state index contributed by atoms with van der Waals surface area (Å²) in [5.41, 5.74) is 1.42. The summed E-state index contributed by atoms with van der Waals surface area (Å²) in [5, 5.41) is 0. The number of rotatable bonds is 4. The van der Waals surface area contributed by atoms with Crippen molar-refractivity contribution in [2.45, 2.75) is 32.6 Å². The Kier molecular flexibility index (Phi) is 5.30. The number of esters is 1. The van der Waals surface area contributed by atoms with Crippen molar-refractivity contribution in [1.82, 2.24) is 0 Å². The van der Waals surface area contributed by atoms with Crippen LogP contribution in [0.1, 0.15) is 32.6 Å². The van der Waals surface area contributed by atoms with Gasteiger partial charge in [-0.2, -0.15) is 0 Å². The zero-order chi connectivity index (χ0) is 10.2. The van der Waals surface area contributed by atoms with Crippen LogP contribution < -0.4 is 0 Å². The highest BCUT2D eigenvalue weighted by Gasteiger charge is 2.05. The zero-order valence-electron chi connectivity index (χ0n) is 8.75. The minimum absolute atomic E-state index is 0.101. The highest BCUT2D eigenvalue weighted by atomic mass is 16.5. The summed E-state index contributed by atoms with van der Waals surface area (Å²) in [6, 6.07) is 0. The first kappa shape index (κ1) is 11.2. The maximum absolute atomic E-state index is 11.0. The molecule has 0 aromatic rings. The average Bonchev–Trinajstić information content (AvgIpc) is 2.20. The van der Waals surface area contributed by atoms with Gasteiger partial charge in [-0.15, -0.1) is 0 Å². The topological polar surface area (TPSA) is 35.5 Å². The molecule has 0 spiro atoms. The molecule has 0 aromatic carbocycles. The SMILES string of the molecule is CCOC(=O)CCC=C1CCOCC1.